The number of hydrogen-bond acceptors (Lipinski definition) is 1. The van der Waals surface area contributed by atoms with Crippen LogP contribution in [0.25, 0.3) is 0 Å². The van der Waals surface area contributed by atoms with Crippen LogP contribution in [0, 0.1) is 5.92 Å². The van der Waals surface area contributed by atoms with Crippen LogP contribution in [0.1, 0.15) is 51.9 Å². The summed E-state index contributed by atoms with van der Waals surface area (Å²) in [5, 5.41) is 0.423. The number of nitrogens with zero attached hydrogens (tertiary/aromatic N) is 1. The van der Waals surface area contributed by atoms with Crippen molar-refractivity contribution in [3.63, 3.8) is 0 Å². The minimum absolute atomic E-state index is 0.423. The molecular weight excluding hydrogens is 206 g/mol. The van der Waals surface area contributed by atoms with Crippen molar-refractivity contribution in [1.82, 2.24) is 4.90 Å². The Morgan fingerprint density at radius 3 is 2.27 bits per heavy atom. The quantitative estimate of drug-likeness (QED) is 0.490. The van der Waals surface area contributed by atoms with Crippen molar-refractivity contribution in [2.24, 2.45) is 5.92 Å². The number of rotatable bonds is 1. The zero-order chi connectivity index (χ0) is 10.7. The molecule has 2 heteroatoms. The smallest absolute Gasteiger partial charge is 0.0386 e. The second kappa shape index (κ2) is 5.54. The number of halogens is 1. The lowest BCUT2D eigenvalue weighted by atomic mass is 9.96. The number of likely N-dealkylation sites (tertiary alicyclic amines) is 1. The lowest BCUT2D eigenvalue weighted by Gasteiger charge is -2.39. The largest absolute Gasteiger partial charge is 0.300 e. The molecule has 0 aromatic carbocycles. The van der Waals surface area contributed by atoms with E-state index in [0.29, 0.717) is 11.3 Å². The minimum atomic E-state index is 0.423. The standard InChI is InChI=1S/C13H24ClN/c1-11-10-15(9-8-13(11)14)12-6-4-2-3-5-7-12/h11-13H,2-10H2,1H3. The highest BCUT2D eigenvalue weighted by atomic mass is 35.5. The molecule has 1 aliphatic heterocycles. The Kier molecular flexibility index (Phi) is 4.33. The molecule has 2 aliphatic rings. The van der Waals surface area contributed by atoms with Gasteiger partial charge < -0.3 is 4.90 Å². The molecule has 2 rings (SSSR count). The fraction of sp³-hybridized carbons (Fsp3) is 1.00. The first kappa shape index (κ1) is 11.7. The van der Waals surface area contributed by atoms with Crippen LogP contribution in [-0.2, 0) is 0 Å². The molecule has 1 saturated heterocycles. The summed E-state index contributed by atoms with van der Waals surface area (Å²) in [7, 11) is 0. The number of alkyl halides is 1. The van der Waals surface area contributed by atoms with E-state index >= 15 is 0 Å². The molecule has 0 radical (unpaired) electrons. The third-order valence-electron chi connectivity index (χ3n) is 4.17. The van der Waals surface area contributed by atoms with Gasteiger partial charge >= 0.3 is 0 Å². The van der Waals surface area contributed by atoms with E-state index in [1.807, 2.05) is 0 Å². The average molecular weight is 230 g/mol. The molecule has 0 aromatic heterocycles. The molecule has 2 unspecified atom stereocenters. The summed E-state index contributed by atoms with van der Waals surface area (Å²) >= 11 is 6.28. The van der Waals surface area contributed by atoms with Gasteiger partial charge in [-0.25, -0.2) is 0 Å². The third kappa shape index (κ3) is 3.10. The topological polar surface area (TPSA) is 3.24 Å². The highest BCUT2D eigenvalue weighted by molar-refractivity contribution is 6.20. The molecule has 1 saturated carbocycles. The lowest BCUT2D eigenvalue weighted by Crippen LogP contribution is -2.45. The van der Waals surface area contributed by atoms with E-state index in [1.54, 1.807) is 0 Å². The molecule has 0 bridgehead atoms. The van der Waals surface area contributed by atoms with E-state index < -0.39 is 0 Å². The maximum atomic E-state index is 6.28. The summed E-state index contributed by atoms with van der Waals surface area (Å²) in [6.07, 6.45) is 9.86. The Hall–Kier alpha value is 0.250. The summed E-state index contributed by atoms with van der Waals surface area (Å²) in [6, 6.07) is 0.874. The van der Waals surface area contributed by atoms with Crippen molar-refractivity contribution in [3.8, 4) is 0 Å². The van der Waals surface area contributed by atoms with Gasteiger partial charge in [0.25, 0.3) is 0 Å². The van der Waals surface area contributed by atoms with E-state index in [-0.39, 0.29) is 0 Å². The normalized spacial score (nSPS) is 36.4. The van der Waals surface area contributed by atoms with E-state index in [4.69, 9.17) is 11.6 Å². The molecule has 1 nitrogen and oxygen atoms in total. The first-order valence-electron chi connectivity index (χ1n) is 6.65. The Balaban J connectivity index is 1.86. The predicted molar refractivity (Wildman–Crippen MR) is 66.5 cm³/mol. The fourth-order valence-electron chi connectivity index (χ4n) is 3.10. The summed E-state index contributed by atoms with van der Waals surface area (Å²) < 4.78 is 0. The van der Waals surface area contributed by atoms with Crippen LogP contribution in [0.3, 0.4) is 0 Å². The second-order valence-electron chi connectivity index (χ2n) is 5.42. The zero-order valence-corrected chi connectivity index (χ0v) is 10.7. The highest BCUT2D eigenvalue weighted by Gasteiger charge is 2.28. The SMILES string of the molecule is CC1CN(C2CCCCCC2)CCC1Cl. The van der Waals surface area contributed by atoms with Crippen molar-refractivity contribution < 1.29 is 0 Å². The zero-order valence-electron chi connectivity index (χ0n) is 9.92. The van der Waals surface area contributed by atoms with E-state index in [1.165, 1.54) is 58.0 Å². The van der Waals surface area contributed by atoms with Crippen molar-refractivity contribution >= 4 is 11.6 Å². The summed E-state index contributed by atoms with van der Waals surface area (Å²) in [5.74, 6) is 0.684. The van der Waals surface area contributed by atoms with Crippen LogP contribution in [0.4, 0.5) is 0 Å². The monoisotopic (exact) mass is 229 g/mol. The van der Waals surface area contributed by atoms with Gasteiger partial charge in [0, 0.05) is 18.0 Å². The number of piperidine rings is 1. The molecule has 1 heterocycles. The Morgan fingerprint density at radius 1 is 1.00 bits per heavy atom. The molecule has 0 spiro atoms. The molecular formula is C13H24ClN. The van der Waals surface area contributed by atoms with Crippen LogP contribution < -0.4 is 0 Å². The molecule has 88 valence electrons. The Labute approximate surface area is 99.2 Å². The van der Waals surface area contributed by atoms with Crippen molar-refractivity contribution in [3.05, 3.63) is 0 Å². The summed E-state index contributed by atoms with van der Waals surface area (Å²) in [5.41, 5.74) is 0. The Bertz CT molecular complexity index is 187. The van der Waals surface area contributed by atoms with Crippen LogP contribution in [0.15, 0.2) is 0 Å². The van der Waals surface area contributed by atoms with Crippen LogP contribution in [0.2, 0.25) is 0 Å². The van der Waals surface area contributed by atoms with Crippen molar-refractivity contribution in [2.45, 2.75) is 63.3 Å². The van der Waals surface area contributed by atoms with Gasteiger partial charge in [0.1, 0.15) is 0 Å². The highest BCUT2D eigenvalue weighted by Crippen LogP contribution is 2.28. The Morgan fingerprint density at radius 2 is 1.67 bits per heavy atom. The molecule has 0 aromatic rings. The maximum Gasteiger partial charge on any atom is 0.0386 e. The molecule has 2 atom stereocenters. The molecule has 2 fully saturated rings. The minimum Gasteiger partial charge on any atom is -0.300 e. The van der Waals surface area contributed by atoms with E-state index in [2.05, 4.69) is 11.8 Å². The second-order valence-corrected chi connectivity index (χ2v) is 5.98. The van der Waals surface area contributed by atoms with Crippen LogP contribution in [0.5, 0.6) is 0 Å². The van der Waals surface area contributed by atoms with Gasteiger partial charge in [-0.2, -0.15) is 0 Å². The molecule has 15 heavy (non-hydrogen) atoms. The lowest BCUT2D eigenvalue weighted by molar-refractivity contribution is 0.121. The van der Waals surface area contributed by atoms with Gasteiger partial charge in [0.15, 0.2) is 0 Å². The molecule has 0 amide bonds. The van der Waals surface area contributed by atoms with Crippen LogP contribution >= 0.6 is 11.6 Å². The summed E-state index contributed by atoms with van der Waals surface area (Å²) in [4.78, 5) is 2.72. The van der Waals surface area contributed by atoms with Gasteiger partial charge in [-0.1, -0.05) is 32.6 Å². The predicted octanol–water partition coefficient (Wildman–Crippen LogP) is 3.66. The van der Waals surface area contributed by atoms with Gasteiger partial charge in [-0.15, -0.1) is 11.6 Å². The van der Waals surface area contributed by atoms with Gasteiger partial charge in [0.05, 0.1) is 0 Å². The van der Waals surface area contributed by atoms with E-state index in [9.17, 15) is 0 Å². The fourth-order valence-corrected chi connectivity index (χ4v) is 3.28. The third-order valence-corrected chi connectivity index (χ3v) is 4.82. The number of hydrogen-bond donors (Lipinski definition) is 0. The molecule has 0 N–H and O–H groups in total. The average Bonchev–Trinajstić information content (AvgIpc) is 2.50. The van der Waals surface area contributed by atoms with Crippen molar-refractivity contribution in [2.75, 3.05) is 13.1 Å². The van der Waals surface area contributed by atoms with Gasteiger partial charge in [-0.05, 0) is 31.7 Å². The molecule has 1 aliphatic carbocycles. The van der Waals surface area contributed by atoms with Gasteiger partial charge in [-0.3, -0.25) is 0 Å². The van der Waals surface area contributed by atoms with Crippen LogP contribution in [-0.4, -0.2) is 29.4 Å². The maximum absolute atomic E-state index is 6.28. The van der Waals surface area contributed by atoms with Crippen molar-refractivity contribution in [1.29, 1.82) is 0 Å². The summed E-state index contributed by atoms with van der Waals surface area (Å²) in [6.45, 7) is 4.78. The first-order chi connectivity index (χ1) is 7.27. The first-order valence-corrected chi connectivity index (χ1v) is 7.09. The van der Waals surface area contributed by atoms with E-state index in [0.717, 1.165) is 6.04 Å². The van der Waals surface area contributed by atoms with Gasteiger partial charge in [0.2, 0.25) is 0 Å².